The molecule has 0 heterocycles. The zero-order valence-electron chi connectivity index (χ0n) is 3.50. The molecule has 0 aromatic heterocycles. The molecule has 7 heavy (non-hydrogen) atoms. The first-order valence-electron chi connectivity index (χ1n) is 0.850. The predicted octanol–water partition coefficient (Wildman–Crippen LogP) is -2.50. The fourth-order valence-electron chi connectivity index (χ4n) is 0. The van der Waals surface area contributed by atoms with E-state index in [0.717, 1.165) is 0 Å². The van der Waals surface area contributed by atoms with Crippen LogP contribution in [0.1, 0.15) is 0 Å². The molecule has 10 N–H and O–H groups in total. The van der Waals surface area contributed by atoms with Crippen molar-refractivity contribution in [3.05, 3.63) is 0 Å². The Morgan fingerprint density at radius 3 is 1.00 bits per heavy atom. The number of halogens is 1. The van der Waals surface area contributed by atoms with Gasteiger partial charge < -0.3 is 5.48 Å². The van der Waals surface area contributed by atoms with Crippen LogP contribution >= 0.6 is 9.53 Å². The minimum absolute atomic E-state index is 0. The summed E-state index contributed by atoms with van der Waals surface area (Å²) in [5.74, 6) is 0. The zero-order valence-corrected chi connectivity index (χ0v) is 5.81. The number of hydrogen-bond donors (Lipinski definition) is 4. The maximum atomic E-state index is 5.06. The molecule has 7 heteroatoms. The van der Waals surface area contributed by atoms with Crippen molar-refractivity contribution < 1.29 is 19.8 Å². The summed E-state index contributed by atoms with van der Waals surface area (Å²) in [5, 5.41) is 0. The van der Waals surface area contributed by atoms with Gasteiger partial charge in [0.2, 0.25) is 0 Å². The third kappa shape index (κ3) is 269. The molecule has 5 nitrogen and oxygen atoms in total. The Bertz CT molecular complexity index is 44.9. The second-order valence-corrected chi connectivity index (χ2v) is 8.64. The van der Waals surface area contributed by atoms with Crippen LogP contribution in [0.4, 0.5) is 0 Å². The molecular formula is H10ClN4OPd. The Labute approximate surface area is 47.2 Å². The van der Waals surface area contributed by atoms with E-state index in [1.54, 1.807) is 0 Å². The molecule has 0 aromatic rings. The van der Waals surface area contributed by atoms with Gasteiger partial charge in [-0.1, -0.05) is 0 Å². The molecule has 0 aliphatic rings. The Hall–Kier alpha value is 0.752. The Morgan fingerprint density at radius 1 is 1.00 bits per heavy atom. The topological polar surface area (TPSA) is 136 Å². The van der Waals surface area contributed by atoms with E-state index in [0.29, 0.717) is 0 Å². The molecule has 0 fully saturated rings. The number of rotatable bonds is 0. The molecule has 53 valence electrons. The van der Waals surface area contributed by atoms with Crippen molar-refractivity contribution in [3.8, 4) is 0 Å². The van der Waals surface area contributed by atoms with Crippen LogP contribution in [0.3, 0.4) is 0 Å². The van der Waals surface area contributed by atoms with Crippen LogP contribution in [0.5, 0.6) is 0 Å². The van der Waals surface area contributed by atoms with E-state index in [1.807, 2.05) is 0 Å². The molecule has 0 aliphatic carbocycles. The summed E-state index contributed by atoms with van der Waals surface area (Å²) in [7, 11) is 5.06. The van der Waals surface area contributed by atoms with Gasteiger partial charge in [-0.2, -0.15) is 0 Å². The van der Waals surface area contributed by atoms with Gasteiger partial charge in [0.1, 0.15) is 0 Å². The molecule has 0 rings (SSSR count). The second kappa shape index (κ2) is 1.93. The first-order chi connectivity index (χ1) is 2.24. The molecule has 0 atom stereocenters. The standard InChI is InChI=1S/ClH.4H2N.H2O.Pd/h1H;5*1H2;/q;4*-1;;+5/p-1. The summed E-state index contributed by atoms with van der Waals surface area (Å²) in [5.41, 5.74) is 0. The van der Waals surface area contributed by atoms with Gasteiger partial charge in [-0.15, -0.1) is 0 Å². The van der Waals surface area contributed by atoms with Gasteiger partial charge in [-0.05, 0) is 0 Å². The average molecular weight is 224 g/mol. The summed E-state index contributed by atoms with van der Waals surface area (Å²) >= 11 is -3.86. The summed E-state index contributed by atoms with van der Waals surface area (Å²) in [6.07, 6.45) is 0. The molecule has 0 amide bonds. The molecule has 0 bridgehead atoms. The summed E-state index contributed by atoms with van der Waals surface area (Å²) in [6, 6.07) is 0. The van der Waals surface area contributed by atoms with Crippen LogP contribution in [-0.4, -0.2) is 5.48 Å². The van der Waals surface area contributed by atoms with Crippen LogP contribution in [0.2, 0.25) is 0 Å². The third-order valence-electron chi connectivity index (χ3n) is 0. The van der Waals surface area contributed by atoms with E-state index in [4.69, 9.17) is 27.0 Å². The number of hydrogen-bond acceptors (Lipinski definition) is 4. The predicted molar refractivity (Wildman–Crippen MR) is 26.2 cm³/mol. The molecule has 0 aromatic carbocycles. The molecule has 0 saturated heterocycles. The van der Waals surface area contributed by atoms with Crippen LogP contribution in [0, 0.1) is 0 Å². The van der Waals surface area contributed by atoms with E-state index in [-0.39, 0.29) is 5.48 Å². The van der Waals surface area contributed by atoms with Crippen LogP contribution < -0.4 is 17.5 Å². The Kier molecular flexibility index (Phi) is 2.95. The molecule has 0 radical (unpaired) electrons. The second-order valence-electron chi connectivity index (χ2n) is 0.908. The molecule has 0 spiro atoms. The van der Waals surface area contributed by atoms with Crippen molar-refractivity contribution in [1.82, 2.24) is 0 Å². The van der Waals surface area contributed by atoms with E-state index < -0.39 is 14.3 Å². The van der Waals surface area contributed by atoms with Gasteiger partial charge >= 0.3 is 41.3 Å². The van der Waals surface area contributed by atoms with E-state index in [2.05, 4.69) is 0 Å². The summed E-state index contributed by atoms with van der Waals surface area (Å²) in [6.45, 7) is 0. The van der Waals surface area contributed by atoms with Gasteiger partial charge in [0.05, 0.1) is 0 Å². The molecule has 0 unspecified atom stereocenters. The van der Waals surface area contributed by atoms with E-state index in [9.17, 15) is 0 Å². The summed E-state index contributed by atoms with van der Waals surface area (Å²) in [4.78, 5) is 0. The fraction of sp³-hybridized carbons (Fsp3) is 0. The van der Waals surface area contributed by atoms with Crippen molar-refractivity contribution in [2.24, 2.45) is 17.5 Å². The van der Waals surface area contributed by atoms with Gasteiger partial charge in [-0.25, -0.2) is 0 Å². The number of nitrogens with two attached hydrogens (primary N) is 4. The normalized spacial score (nSPS) is 16.4. The maximum absolute atomic E-state index is 5.06. The molecule has 0 aliphatic heterocycles. The average Bonchev–Trinajstić information content (AvgIpc) is 0.650. The van der Waals surface area contributed by atoms with Gasteiger partial charge in [0, 0.05) is 0 Å². The Morgan fingerprint density at radius 2 is 1.00 bits per heavy atom. The van der Waals surface area contributed by atoms with Crippen molar-refractivity contribution >= 4 is 9.53 Å². The van der Waals surface area contributed by atoms with Crippen LogP contribution in [-0.2, 0) is 14.3 Å². The van der Waals surface area contributed by atoms with Crippen molar-refractivity contribution in [3.63, 3.8) is 0 Å². The first-order valence-corrected chi connectivity index (χ1v) is 6.44. The van der Waals surface area contributed by atoms with Crippen molar-refractivity contribution in [1.29, 1.82) is 0 Å². The molecule has 0 saturated carbocycles. The van der Waals surface area contributed by atoms with Gasteiger partial charge in [-0.3, -0.25) is 0 Å². The van der Waals surface area contributed by atoms with Crippen LogP contribution in [0.25, 0.3) is 0 Å². The first kappa shape index (κ1) is 10.7. The zero-order chi connectivity index (χ0) is 5.45. The van der Waals surface area contributed by atoms with Gasteiger partial charge in [0.25, 0.3) is 0 Å². The van der Waals surface area contributed by atoms with Crippen molar-refractivity contribution in [2.45, 2.75) is 0 Å². The van der Waals surface area contributed by atoms with E-state index >= 15 is 0 Å². The molecular weight excluding hydrogens is 214 g/mol. The van der Waals surface area contributed by atoms with Crippen LogP contribution in [0.15, 0.2) is 0 Å². The monoisotopic (exact) mass is 223 g/mol. The quantitative estimate of drug-likeness (QED) is 0.338. The van der Waals surface area contributed by atoms with Gasteiger partial charge in [0.15, 0.2) is 0 Å². The Balaban J connectivity index is 0. The van der Waals surface area contributed by atoms with E-state index in [1.165, 1.54) is 0 Å². The minimum atomic E-state index is -3.86. The SMILES string of the molecule is O.[NH2][Pd]([NH2])([NH2])([NH2])[Cl]. The third-order valence-corrected chi connectivity index (χ3v) is 0. The van der Waals surface area contributed by atoms with Crippen molar-refractivity contribution in [2.75, 3.05) is 0 Å². The fourth-order valence-corrected chi connectivity index (χ4v) is 0. The summed E-state index contributed by atoms with van der Waals surface area (Å²) < 4.78 is 19.4.